The van der Waals surface area contributed by atoms with Crippen molar-refractivity contribution in [1.29, 1.82) is 0 Å². The highest BCUT2D eigenvalue weighted by Crippen LogP contribution is 1.90. The normalized spacial score (nSPS) is 11.1. The molecule has 0 aromatic carbocycles. The van der Waals surface area contributed by atoms with Crippen molar-refractivity contribution in [3.05, 3.63) is 0 Å². The first kappa shape index (κ1) is 22.6. The third-order valence-corrected chi connectivity index (χ3v) is 2.33. The standard InChI is InChI=1S/C11H20O5.C2H4BrNO/c1-2-3-11(13)10-16-9-8-15-7-6-14-5-4-12;3-1-2(4)5/h1,11-13H,3-10H2;1H2,(H2,4,5). The summed E-state index contributed by atoms with van der Waals surface area (Å²) >= 11 is 2.84. The average molecular weight is 370 g/mol. The monoisotopic (exact) mass is 369 g/mol. The topological polar surface area (TPSA) is 111 Å². The Morgan fingerprint density at radius 3 is 2.10 bits per heavy atom. The molecule has 0 heterocycles. The third kappa shape index (κ3) is 24.7. The fraction of sp³-hybridized carbons (Fsp3) is 0.769. The van der Waals surface area contributed by atoms with Crippen molar-refractivity contribution in [2.75, 3.05) is 51.6 Å². The summed E-state index contributed by atoms with van der Waals surface area (Å²) in [5, 5.41) is 17.9. The van der Waals surface area contributed by atoms with Crippen LogP contribution in [0.25, 0.3) is 0 Å². The zero-order valence-corrected chi connectivity index (χ0v) is 13.6. The van der Waals surface area contributed by atoms with E-state index in [1.165, 1.54) is 0 Å². The van der Waals surface area contributed by atoms with Crippen LogP contribution in [0.15, 0.2) is 0 Å². The summed E-state index contributed by atoms with van der Waals surface area (Å²) in [7, 11) is 0. The number of hydrogen-bond acceptors (Lipinski definition) is 6. The Hall–Kier alpha value is -0.690. The molecule has 0 bridgehead atoms. The number of carbonyl (C=O) groups excluding carboxylic acids is 1. The molecule has 1 unspecified atom stereocenters. The number of alkyl halides is 1. The quantitative estimate of drug-likeness (QED) is 0.238. The largest absolute Gasteiger partial charge is 0.394 e. The molecule has 7 nitrogen and oxygen atoms in total. The van der Waals surface area contributed by atoms with E-state index in [1.54, 1.807) is 0 Å². The highest BCUT2D eigenvalue weighted by Gasteiger charge is 2.00. The fourth-order valence-electron chi connectivity index (χ4n) is 0.919. The van der Waals surface area contributed by atoms with Gasteiger partial charge in [-0.2, -0.15) is 0 Å². The predicted molar refractivity (Wildman–Crippen MR) is 82.0 cm³/mol. The van der Waals surface area contributed by atoms with E-state index in [4.69, 9.17) is 25.7 Å². The summed E-state index contributed by atoms with van der Waals surface area (Å²) in [5.74, 6) is 2.02. The number of aliphatic hydroxyl groups excluding tert-OH is 2. The van der Waals surface area contributed by atoms with E-state index in [1.807, 2.05) is 0 Å². The molecule has 0 aliphatic rings. The molecule has 0 spiro atoms. The van der Waals surface area contributed by atoms with E-state index >= 15 is 0 Å². The molecule has 0 aliphatic heterocycles. The van der Waals surface area contributed by atoms with E-state index in [9.17, 15) is 9.90 Å². The van der Waals surface area contributed by atoms with Crippen molar-refractivity contribution in [2.45, 2.75) is 12.5 Å². The number of nitrogens with two attached hydrogens (primary N) is 1. The van der Waals surface area contributed by atoms with Crippen LogP contribution in [0.2, 0.25) is 0 Å². The number of ether oxygens (including phenoxy) is 3. The Bertz CT molecular complexity index is 272. The summed E-state index contributed by atoms with van der Waals surface area (Å²) in [4.78, 5) is 9.54. The van der Waals surface area contributed by atoms with Crippen LogP contribution in [0.4, 0.5) is 0 Å². The van der Waals surface area contributed by atoms with Gasteiger partial charge in [0.05, 0.1) is 57.7 Å². The van der Waals surface area contributed by atoms with Crippen LogP contribution >= 0.6 is 15.9 Å². The summed E-state index contributed by atoms with van der Waals surface area (Å²) in [6.45, 7) is 2.38. The van der Waals surface area contributed by atoms with Crippen LogP contribution in [0.1, 0.15) is 6.42 Å². The SMILES string of the molecule is C#CCC(O)COCCOCCOCCO.NC(=O)CBr. The van der Waals surface area contributed by atoms with Gasteiger partial charge in [-0.05, 0) is 0 Å². The molecule has 0 aromatic heterocycles. The van der Waals surface area contributed by atoms with E-state index < -0.39 is 6.10 Å². The van der Waals surface area contributed by atoms with Crippen LogP contribution in [-0.2, 0) is 19.0 Å². The molecule has 0 aliphatic carbocycles. The van der Waals surface area contributed by atoms with E-state index in [2.05, 4.69) is 27.6 Å². The fourth-order valence-corrected chi connectivity index (χ4v) is 0.919. The average Bonchev–Trinajstić information content (AvgIpc) is 2.46. The summed E-state index contributed by atoms with van der Waals surface area (Å²) < 4.78 is 15.3. The summed E-state index contributed by atoms with van der Waals surface area (Å²) in [6.07, 6.45) is 4.72. The van der Waals surface area contributed by atoms with Crippen LogP contribution in [-0.4, -0.2) is 73.8 Å². The van der Waals surface area contributed by atoms with Gasteiger partial charge < -0.3 is 30.2 Å². The van der Waals surface area contributed by atoms with Crippen molar-refractivity contribution in [3.8, 4) is 12.3 Å². The van der Waals surface area contributed by atoms with Crippen molar-refractivity contribution in [1.82, 2.24) is 0 Å². The number of carbonyl (C=O) groups is 1. The number of rotatable bonds is 12. The summed E-state index contributed by atoms with van der Waals surface area (Å²) in [5.41, 5.74) is 4.61. The number of amides is 1. The maximum absolute atomic E-state index is 9.54. The van der Waals surface area contributed by atoms with E-state index in [-0.39, 0.29) is 24.5 Å². The number of halogens is 1. The Morgan fingerprint density at radius 2 is 1.67 bits per heavy atom. The lowest BCUT2D eigenvalue weighted by atomic mass is 10.3. The van der Waals surface area contributed by atoms with Gasteiger partial charge in [-0.15, -0.1) is 12.3 Å². The highest BCUT2D eigenvalue weighted by molar-refractivity contribution is 9.09. The molecule has 1 amide bonds. The zero-order valence-electron chi connectivity index (χ0n) is 12.0. The Balaban J connectivity index is 0. The maximum Gasteiger partial charge on any atom is 0.228 e. The van der Waals surface area contributed by atoms with Gasteiger partial charge in [-0.1, -0.05) is 15.9 Å². The van der Waals surface area contributed by atoms with Crippen molar-refractivity contribution in [2.24, 2.45) is 5.73 Å². The van der Waals surface area contributed by atoms with Gasteiger partial charge >= 0.3 is 0 Å². The van der Waals surface area contributed by atoms with Crippen LogP contribution in [0, 0.1) is 12.3 Å². The predicted octanol–water partition coefficient (Wildman–Crippen LogP) is -0.721. The lowest BCUT2D eigenvalue weighted by Gasteiger charge is -2.08. The number of primary amides is 1. The molecule has 4 N–H and O–H groups in total. The molecular formula is C13H24BrNO6. The first-order chi connectivity index (χ1) is 10.1. The van der Waals surface area contributed by atoms with Crippen LogP contribution < -0.4 is 5.73 Å². The minimum Gasteiger partial charge on any atom is -0.394 e. The first-order valence-electron chi connectivity index (χ1n) is 6.38. The van der Waals surface area contributed by atoms with Gasteiger partial charge in [-0.3, -0.25) is 4.79 Å². The molecule has 0 saturated carbocycles. The zero-order chi connectivity index (χ0) is 16.3. The molecule has 124 valence electrons. The molecule has 0 fully saturated rings. The highest BCUT2D eigenvalue weighted by atomic mass is 79.9. The smallest absolute Gasteiger partial charge is 0.228 e. The van der Waals surface area contributed by atoms with Gasteiger partial charge in [-0.25, -0.2) is 0 Å². The van der Waals surface area contributed by atoms with Gasteiger partial charge in [0.15, 0.2) is 0 Å². The first-order valence-corrected chi connectivity index (χ1v) is 7.50. The Labute approximate surface area is 133 Å². The summed E-state index contributed by atoms with van der Waals surface area (Å²) in [6, 6.07) is 0. The molecule has 21 heavy (non-hydrogen) atoms. The second-order valence-electron chi connectivity index (χ2n) is 3.69. The van der Waals surface area contributed by atoms with E-state index in [0.29, 0.717) is 39.5 Å². The number of terminal acetylenes is 1. The number of aliphatic hydroxyl groups is 2. The minimum atomic E-state index is -0.599. The van der Waals surface area contributed by atoms with Crippen molar-refractivity contribution >= 4 is 21.8 Å². The molecule has 0 rings (SSSR count). The minimum absolute atomic E-state index is 0.0240. The molecule has 0 radical (unpaired) electrons. The van der Waals surface area contributed by atoms with E-state index in [0.717, 1.165) is 0 Å². The maximum atomic E-state index is 9.54. The Kier molecular flexibility index (Phi) is 20.8. The third-order valence-electron chi connectivity index (χ3n) is 1.78. The molecule has 8 heteroatoms. The van der Waals surface area contributed by atoms with Gasteiger partial charge in [0, 0.05) is 6.42 Å². The van der Waals surface area contributed by atoms with Crippen molar-refractivity contribution < 1.29 is 29.2 Å². The van der Waals surface area contributed by atoms with Crippen LogP contribution in [0.3, 0.4) is 0 Å². The van der Waals surface area contributed by atoms with Gasteiger partial charge in [0.1, 0.15) is 0 Å². The molecule has 0 aromatic rings. The molecule has 1 atom stereocenters. The Morgan fingerprint density at radius 1 is 1.19 bits per heavy atom. The molecular weight excluding hydrogens is 346 g/mol. The van der Waals surface area contributed by atoms with Gasteiger partial charge in [0.25, 0.3) is 0 Å². The lowest BCUT2D eigenvalue weighted by Crippen LogP contribution is -2.17. The second-order valence-corrected chi connectivity index (χ2v) is 4.25. The van der Waals surface area contributed by atoms with Crippen LogP contribution in [0.5, 0.6) is 0 Å². The number of hydrogen-bond donors (Lipinski definition) is 3. The van der Waals surface area contributed by atoms with Gasteiger partial charge in [0.2, 0.25) is 5.91 Å². The molecule has 0 saturated heterocycles. The second kappa shape index (κ2) is 19.3. The lowest BCUT2D eigenvalue weighted by molar-refractivity contribution is -0.115. The van der Waals surface area contributed by atoms with Crippen molar-refractivity contribution in [3.63, 3.8) is 0 Å².